The van der Waals surface area contributed by atoms with Crippen molar-refractivity contribution in [3.8, 4) is 11.5 Å². The van der Waals surface area contributed by atoms with E-state index in [1.165, 1.54) is 0 Å². The minimum Gasteiger partial charge on any atom is -0.504 e. The monoisotopic (exact) mass is 704 g/mol. The second-order valence-corrected chi connectivity index (χ2v) is 15.4. The zero-order valence-corrected chi connectivity index (χ0v) is 29.9. The van der Waals surface area contributed by atoms with Gasteiger partial charge < -0.3 is 40.1 Å². The molecule has 1 spiro atoms. The maximum Gasteiger partial charge on any atom is 0.296 e. The van der Waals surface area contributed by atoms with Crippen LogP contribution in [0.15, 0.2) is 62.2 Å². The number of ether oxygens (including phenoxy) is 4. The lowest BCUT2D eigenvalue weighted by Gasteiger charge is -2.37. The number of hydrogen-bond donors (Lipinski definition) is 6. The maximum absolute atomic E-state index is 11.5. The van der Waals surface area contributed by atoms with Gasteiger partial charge in [-0.05, 0) is 48.6 Å². The van der Waals surface area contributed by atoms with Gasteiger partial charge in [-0.1, -0.05) is 30.7 Å². The molecule has 3 fully saturated rings. The van der Waals surface area contributed by atoms with Crippen molar-refractivity contribution < 1.29 is 39.6 Å². The highest BCUT2D eigenvalue weighted by molar-refractivity contribution is 5.95. The predicted octanol–water partition coefficient (Wildman–Crippen LogP) is 2.72. The van der Waals surface area contributed by atoms with Crippen LogP contribution < -0.4 is 11.2 Å². The van der Waals surface area contributed by atoms with Crippen molar-refractivity contribution in [2.45, 2.75) is 57.3 Å². The number of oxime groups is 1. The molecule has 1 aromatic rings. The highest BCUT2D eigenvalue weighted by Gasteiger charge is 2.68. The van der Waals surface area contributed by atoms with Gasteiger partial charge >= 0.3 is 0 Å². The van der Waals surface area contributed by atoms with Crippen molar-refractivity contribution in [1.29, 1.82) is 0 Å². The summed E-state index contributed by atoms with van der Waals surface area (Å²) >= 11 is 0. The number of fused-ring (bicyclic) bond motifs is 8. The van der Waals surface area contributed by atoms with Crippen LogP contribution in [-0.4, -0.2) is 114 Å². The average Bonchev–Trinajstić information content (AvgIpc) is 3.81. The van der Waals surface area contributed by atoms with Gasteiger partial charge in [-0.2, -0.15) is 0 Å². The number of rotatable bonds is 6. The lowest BCUT2D eigenvalue weighted by Crippen LogP contribution is -2.44. The zero-order chi connectivity index (χ0) is 36.1. The molecule has 4 aliphatic carbocycles. The van der Waals surface area contributed by atoms with Crippen LogP contribution in [0, 0.1) is 11.3 Å². The largest absolute Gasteiger partial charge is 0.504 e. The number of amidine groups is 2. The number of aliphatic imine (C=N–C) groups is 1. The lowest BCUT2D eigenvalue weighted by molar-refractivity contribution is -0.0919. The van der Waals surface area contributed by atoms with Crippen LogP contribution in [0.25, 0.3) is 0 Å². The summed E-state index contributed by atoms with van der Waals surface area (Å²) in [5.41, 5.74) is 13.0. The molecule has 2 saturated heterocycles. The minimum absolute atomic E-state index is 0.0619. The van der Waals surface area contributed by atoms with Gasteiger partial charge in [-0.3, -0.25) is 25.5 Å². The summed E-state index contributed by atoms with van der Waals surface area (Å²) in [6.07, 6.45) is 4.72. The number of hydroxylamine groups is 1. The molecule has 1 aromatic carbocycles. The van der Waals surface area contributed by atoms with Gasteiger partial charge in [0.15, 0.2) is 28.9 Å². The average molecular weight is 705 g/mol. The minimum atomic E-state index is -1.41. The maximum atomic E-state index is 11.5. The number of nitrogens with one attached hydrogen (secondary N) is 1. The van der Waals surface area contributed by atoms with Gasteiger partial charge in [-0.25, -0.2) is 0 Å². The van der Waals surface area contributed by atoms with Crippen molar-refractivity contribution in [1.82, 2.24) is 15.3 Å². The summed E-state index contributed by atoms with van der Waals surface area (Å²) in [6, 6.07) is 1.75. The molecule has 5 atom stereocenters. The Balaban J connectivity index is 1.32. The van der Waals surface area contributed by atoms with E-state index in [0.29, 0.717) is 51.0 Å². The van der Waals surface area contributed by atoms with E-state index in [0.717, 1.165) is 71.6 Å². The van der Waals surface area contributed by atoms with Gasteiger partial charge in [-0.15, -0.1) is 0 Å². The molecule has 14 heteroatoms. The van der Waals surface area contributed by atoms with Crippen molar-refractivity contribution in [3.05, 3.63) is 68.7 Å². The van der Waals surface area contributed by atoms with Crippen LogP contribution in [0.1, 0.15) is 50.8 Å². The summed E-state index contributed by atoms with van der Waals surface area (Å²) < 4.78 is 25.6. The van der Waals surface area contributed by atoms with E-state index in [9.17, 15) is 20.6 Å². The smallest absolute Gasteiger partial charge is 0.296 e. The zero-order valence-electron chi connectivity index (χ0n) is 29.9. The second-order valence-electron chi connectivity index (χ2n) is 15.4. The first-order chi connectivity index (χ1) is 24.4. The molecule has 3 heterocycles. The van der Waals surface area contributed by atoms with E-state index in [4.69, 9.17) is 24.7 Å². The number of allylic oxidation sites excluding steroid dienone is 2. The molecular formula is C37H48N6O8. The summed E-state index contributed by atoms with van der Waals surface area (Å²) in [4.78, 5) is 8.90. The van der Waals surface area contributed by atoms with E-state index in [-0.39, 0.29) is 23.2 Å². The first kappa shape index (κ1) is 34.0. The summed E-state index contributed by atoms with van der Waals surface area (Å²) in [5.74, 6) is -1.30. The van der Waals surface area contributed by atoms with E-state index < -0.39 is 27.9 Å². The normalized spacial score (nSPS) is 35.1. The predicted molar refractivity (Wildman–Crippen MR) is 187 cm³/mol. The molecule has 5 unspecified atom stereocenters. The number of morpholine rings is 2. The molecule has 7 N–H and O–H groups in total. The van der Waals surface area contributed by atoms with Crippen molar-refractivity contribution in [3.63, 3.8) is 0 Å². The number of nitrogens with two attached hydrogens (primary N) is 1. The molecule has 0 aromatic heterocycles. The highest BCUT2D eigenvalue weighted by atomic mass is 16.7. The van der Waals surface area contributed by atoms with E-state index in [1.54, 1.807) is 13.1 Å². The molecule has 0 amide bonds. The molecule has 8 rings (SSSR count). The Hall–Kier alpha value is -4.08. The number of hydrogen-bond acceptors (Lipinski definition) is 12. The summed E-state index contributed by atoms with van der Waals surface area (Å²) in [6.45, 7) is 14.5. The number of benzene rings is 1. The Labute approximate surface area is 297 Å². The molecule has 1 saturated carbocycles. The van der Waals surface area contributed by atoms with Crippen LogP contribution in [0.2, 0.25) is 0 Å². The molecular weight excluding hydrogens is 656 g/mol. The van der Waals surface area contributed by atoms with Gasteiger partial charge in [0, 0.05) is 74.4 Å². The summed E-state index contributed by atoms with van der Waals surface area (Å²) in [5, 5.41) is 46.3. The van der Waals surface area contributed by atoms with Crippen molar-refractivity contribution >= 4 is 11.7 Å². The molecule has 274 valence electrons. The van der Waals surface area contributed by atoms with E-state index in [2.05, 4.69) is 45.4 Å². The first-order valence-electron chi connectivity index (χ1n) is 17.7. The van der Waals surface area contributed by atoms with Crippen molar-refractivity contribution in [2.75, 3.05) is 66.2 Å². The molecule has 3 aliphatic heterocycles. The third-order valence-electron chi connectivity index (χ3n) is 12.6. The second kappa shape index (κ2) is 11.7. The SMILES string of the molecule is CN=C(NO)C1C=C(C)C(C)(/C(N)=N/O)C2=C1OC1(C=C3C(=C1CN1CCOCC1)C1(C)CC3(C)c3c1cc(O)c(O)c3CN1CCOCC1)O2. The fourth-order valence-corrected chi connectivity index (χ4v) is 9.90. The van der Waals surface area contributed by atoms with Crippen LogP contribution in [0.4, 0.5) is 0 Å². The Kier molecular flexibility index (Phi) is 7.82. The Bertz CT molecular complexity index is 1870. The Morgan fingerprint density at radius 3 is 2.25 bits per heavy atom. The number of phenolic OH excluding ortho intramolecular Hbond substituents is 2. The standard InChI is InChI=1S/C37H48N6O8/c1-20-14-21(32(39-5)40-46)30-31(36(20,4)33(38)41-47)51-37(50-30)16-24-28(25(37)18-43-8-12-49-13-9-43)34(2)19-35(24,3)27-22(17-42-6-10-48-11-7-42)29(45)26(44)15-23(27)34/h14-16,21,44-47H,6-13,17-19H2,1-5H3,(H2,38,41)(H,39,40). The number of nitrogens with zero attached hydrogens (tertiary/aromatic N) is 4. The molecule has 2 bridgehead atoms. The van der Waals surface area contributed by atoms with Gasteiger partial charge in [0.1, 0.15) is 11.3 Å². The van der Waals surface area contributed by atoms with E-state index in [1.807, 2.05) is 19.9 Å². The van der Waals surface area contributed by atoms with Crippen LogP contribution >= 0.6 is 0 Å². The molecule has 0 radical (unpaired) electrons. The van der Waals surface area contributed by atoms with Crippen LogP contribution in [-0.2, 0) is 36.3 Å². The van der Waals surface area contributed by atoms with Crippen LogP contribution in [0.5, 0.6) is 11.5 Å². The highest BCUT2D eigenvalue weighted by Crippen LogP contribution is 2.72. The lowest BCUT2D eigenvalue weighted by atomic mass is 9.70. The molecule has 14 nitrogen and oxygen atoms in total. The van der Waals surface area contributed by atoms with Crippen molar-refractivity contribution in [2.24, 2.45) is 27.2 Å². The number of phenols is 2. The quantitative estimate of drug-likeness (QED) is 0.0636. The Morgan fingerprint density at radius 1 is 1.00 bits per heavy atom. The first-order valence-corrected chi connectivity index (χ1v) is 17.7. The van der Waals surface area contributed by atoms with Crippen LogP contribution in [0.3, 0.4) is 0 Å². The topological polar surface area (TPSA) is 187 Å². The number of aromatic hydroxyl groups is 2. The Morgan fingerprint density at radius 2 is 1.65 bits per heavy atom. The third kappa shape index (κ3) is 4.59. The molecule has 7 aliphatic rings. The van der Waals surface area contributed by atoms with Gasteiger partial charge in [0.25, 0.3) is 5.79 Å². The van der Waals surface area contributed by atoms with Gasteiger partial charge in [0.2, 0.25) is 0 Å². The van der Waals surface area contributed by atoms with E-state index >= 15 is 0 Å². The summed E-state index contributed by atoms with van der Waals surface area (Å²) in [7, 11) is 1.58. The third-order valence-corrected chi connectivity index (χ3v) is 12.6. The fourth-order valence-electron chi connectivity index (χ4n) is 9.90. The fraction of sp³-hybridized carbons (Fsp3) is 0.568. The van der Waals surface area contributed by atoms with Gasteiger partial charge in [0.05, 0.1) is 32.3 Å². The molecule has 51 heavy (non-hydrogen) atoms.